The zero-order valence-corrected chi connectivity index (χ0v) is 10.2. The lowest BCUT2D eigenvalue weighted by Gasteiger charge is -2.29. The van der Waals surface area contributed by atoms with E-state index in [1.807, 2.05) is 6.92 Å². The number of rotatable bonds is 4. The van der Waals surface area contributed by atoms with Crippen molar-refractivity contribution < 1.29 is 9.59 Å². The minimum absolute atomic E-state index is 0.0235. The van der Waals surface area contributed by atoms with Gasteiger partial charge in [0, 0.05) is 12.1 Å². The van der Waals surface area contributed by atoms with E-state index in [-0.39, 0.29) is 23.4 Å². The van der Waals surface area contributed by atoms with Crippen LogP contribution in [0.5, 0.6) is 0 Å². The van der Waals surface area contributed by atoms with Crippen LogP contribution in [-0.2, 0) is 9.59 Å². The summed E-state index contributed by atoms with van der Waals surface area (Å²) in [5, 5.41) is 3.35. The number of likely N-dealkylation sites (tertiary alicyclic amines) is 1. The Hall–Kier alpha value is -0.900. The number of carbonyl (C=O) groups excluding carboxylic acids is 2. The van der Waals surface area contributed by atoms with Gasteiger partial charge >= 0.3 is 0 Å². The van der Waals surface area contributed by atoms with Gasteiger partial charge in [-0.3, -0.25) is 14.5 Å². The van der Waals surface area contributed by atoms with Gasteiger partial charge in [-0.15, -0.1) is 0 Å². The fraction of sp³-hybridized carbons (Fsp3) is 0.833. The first kappa shape index (κ1) is 11.6. The van der Waals surface area contributed by atoms with Crippen molar-refractivity contribution in [3.63, 3.8) is 0 Å². The van der Waals surface area contributed by atoms with E-state index >= 15 is 0 Å². The van der Waals surface area contributed by atoms with E-state index in [9.17, 15) is 9.59 Å². The van der Waals surface area contributed by atoms with Gasteiger partial charge in [-0.25, -0.2) is 0 Å². The maximum absolute atomic E-state index is 11.9. The summed E-state index contributed by atoms with van der Waals surface area (Å²) in [6.45, 7) is 6.57. The molecule has 4 heteroatoms. The number of hydrogen-bond donors (Lipinski definition) is 1. The summed E-state index contributed by atoms with van der Waals surface area (Å²) in [5.74, 6) is 0.559. The molecular weight excluding hydrogens is 204 g/mol. The van der Waals surface area contributed by atoms with Gasteiger partial charge in [0.2, 0.25) is 11.8 Å². The minimum Gasteiger partial charge on any atom is -0.300 e. The van der Waals surface area contributed by atoms with E-state index in [4.69, 9.17) is 0 Å². The Morgan fingerprint density at radius 2 is 2.00 bits per heavy atom. The van der Waals surface area contributed by atoms with Gasteiger partial charge in [-0.2, -0.15) is 0 Å². The number of likely N-dealkylation sites (N-methyl/N-ethyl adjacent to an activating group) is 1. The minimum atomic E-state index is -0.303. The molecule has 0 aromatic carbocycles. The first-order valence-electron chi connectivity index (χ1n) is 6.07. The van der Waals surface area contributed by atoms with Crippen LogP contribution in [0.15, 0.2) is 0 Å². The SMILES string of the molecule is CCN1C(=O)CC(NC(C)(C)C2CC2)C1=O. The highest BCUT2D eigenvalue weighted by Crippen LogP contribution is 2.39. The summed E-state index contributed by atoms with van der Waals surface area (Å²) in [4.78, 5) is 24.8. The summed E-state index contributed by atoms with van der Waals surface area (Å²) in [5.41, 5.74) is -0.0235. The lowest BCUT2D eigenvalue weighted by atomic mass is 9.97. The molecule has 16 heavy (non-hydrogen) atoms. The van der Waals surface area contributed by atoms with Crippen molar-refractivity contribution in [1.29, 1.82) is 0 Å². The van der Waals surface area contributed by atoms with E-state index in [0.717, 1.165) is 0 Å². The number of amides is 2. The molecule has 0 bridgehead atoms. The zero-order valence-electron chi connectivity index (χ0n) is 10.2. The normalized spacial score (nSPS) is 26.7. The number of nitrogens with one attached hydrogen (secondary N) is 1. The molecule has 2 fully saturated rings. The van der Waals surface area contributed by atoms with Gasteiger partial charge in [0.1, 0.15) is 0 Å². The molecule has 1 unspecified atom stereocenters. The van der Waals surface area contributed by atoms with Crippen LogP contribution in [0.3, 0.4) is 0 Å². The lowest BCUT2D eigenvalue weighted by Crippen LogP contribution is -2.50. The predicted octanol–water partition coefficient (Wildman–Crippen LogP) is 0.912. The Morgan fingerprint density at radius 3 is 2.44 bits per heavy atom. The molecule has 1 saturated carbocycles. The van der Waals surface area contributed by atoms with Crippen molar-refractivity contribution >= 4 is 11.8 Å². The highest BCUT2D eigenvalue weighted by Gasteiger charge is 2.44. The summed E-state index contributed by atoms with van der Waals surface area (Å²) in [6, 6.07) is -0.303. The van der Waals surface area contributed by atoms with Crippen molar-refractivity contribution in [2.24, 2.45) is 5.92 Å². The van der Waals surface area contributed by atoms with E-state index in [2.05, 4.69) is 19.2 Å². The van der Waals surface area contributed by atoms with Gasteiger partial charge in [-0.05, 0) is 39.5 Å². The van der Waals surface area contributed by atoms with Crippen molar-refractivity contribution in [1.82, 2.24) is 10.2 Å². The second kappa shape index (κ2) is 3.84. The average Bonchev–Trinajstić information content (AvgIpc) is 2.97. The van der Waals surface area contributed by atoms with Gasteiger partial charge in [0.05, 0.1) is 12.5 Å². The van der Waals surface area contributed by atoms with Gasteiger partial charge in [0.15, 0.2) is 0 Å². The van der Waals surface area contributed by atoms with Gasteiger partial charge < -0.3 is 5.32 Å². The Kier molecular flexibility index (Phi) is 2.78. The van der Waals surface area contributed by atoms with Gasteiger partial charge in [-0.1, -0.05) is 0 Å². The molecule has 4 nitrogen and oxygen atoms in total. The van der Waals surface area contributed by atoms with Gasteiger partial charge in [0.25, 0.3) is 0 Å². The Balaban J connectivity index is 2.01. The number of imide groups is 1. The van der Waals surface area contributed by atoms with Crippen LogP contribution >= 0.6 is 0 Å². The van der Waals surface area contributed by atoms with E-state index in [1.165, 1.54) is 17.7 Å². The summed E-state index contributed by atoms with van der Waals surface area (Å²) in [6.07, 6.45) is 2.78. The van der Waals surface area contributed by atoms with Crippen molar-refractivity contribution in [2.45, 2.75) is 51.6 Å². The third-order valence-electron chi connectivity index (χ3n) is 3.70. The Labute approximate surface area is 96.4 Å². The fourth-order valence-corrected chi connectivity index (χ4v) is 2.50. The first-order valence-corrected chi connectivity index (χ1v) is 6.07. The molecule has 0 aromatic rings. The molecule has 1 atom stereocenters. The topological polar surface area (TPSA) is 49.4 Å². The molecule has 90 valence electrons. The van der Waals surface area contributed by atoms with Crippen molar-refractivity contribution in [3.8, 4) is 0 Å². The van der Waals surface area contributed by atoms with Crippen LogP contribution in [0, 0.1) is 5.92 Å². The molecular formula is C12H20N2O2. The molecule has 2 rings (SSSR count). The number of nitrogens with zero attached hydrogens (tertiary/aromatic N) is 1. The molecule has 1 N–H and O–H groups in total. The van der Waals surface area contributed by atoms with Crippen molar-refractivity contribution in [3.05, 3.63) is 0 Å². The first-order chi connectivity index (χ1) is 7.45. The number of carbonyl (C=O) groups is 2. The smallest absolute Gasteiger partial charge is 0.246 e. The van der Waals surface area contributed by atoms with Crippen molar-refractivity contribution in [2.75, 3.05) is 6.54 Å². The molecule has 0 aromatic heterocycles. The number of hydrogen-bond acceptors (Lipinski definition) is 3. The van der Waals surface area contributed by atoms with Crippen LogP contribution in [0.4, 0.5) is 0 Å². The highest BCUT2D eigenvalue weighted by molar-refractivity contribution is 6.05. The predicted molar refractivity (Wildman–Crippen MR) is 60.7 cm³/mol. The molecule has 1 heterocycles. The van der Waals surface area contributed by atoms with E-state index < -0.39 is 0 Å². The van der Waals surface area contributed by atoms with E-state index in [0.29, 0.717) is 18.9 Å². The fourth-order valence-electron chi connectivity index (χ4n) is 2.50. The second-order valence-electron chi connectivity index (χ2n) is 5.37. The Bertz CT molecular complexity index is 321. The average molecular weight is 224 g/mol. The molecule has 0 radical (unpaired) electrons. The second-order valence-corrected chi connectivity index (χ2v) is 5.37. The molecule has 1 aliphatic carbocycles. The third kappa shape index (κ3) is 1.98. The zero-order chi connectivity index (χ0) is 11.9. The maximum Gasteiger partial charge on any atom is 0.246 e. The largest absolute Gasteiger partial charge is 0.300 e. The summed E-state index contributed by atoms with van der Waals surface area (Å²) < 4.78 is 0. The Morgan fingerprint density at radius 1 is 1.38 bits per heavy atom. The molecule has 2 aliphatic rings. The molecule has 0 spiro atoms. The molecule has 2 amide bonds. The third-order valence-corrected chi connectivity index (χ3v) is 3.70. The van der Waals surface area contributed by atoms with Crippen LogP contribution in [0.25, 0.3) is 0 Å². The van der Waals surface area contributed by atoms with Crippen LogP contribution in [0.2, 0.25) is 0 Å². The maximum atomic E-state index is 11.9. The summed E-state index contributed by atoms with van der Waals surface area (Å²) >= 11 is 0. The standard InChI is InChI=1S/C12H20N2O2/c1-4-14-10(15)7-9(11(14)16)13-12(2,3)8-5-6-8/h8-9,13H,4-7H2,1-3H3. The van der Waals surface area contributed by atoms with Crippen LogP contribution in [-0.4, -0.2) is 34.8 Å². The molecule has 1 saturated heterocycles. The van der Waals surface area contributed by atoms with Crippen LogP contribution in [0.1, 0.15) is 40.0 Å². The monoisotopic (exact) mass is 224 g/mol. The summed E-state index contributed by atoms with van der Waals surface area (Å²) in [7, 11) is 0. The van der Waals surface area contributed by atoms with Crippen LogP contribution < -0.4 is 5.32 Å². The van der Waals surface area contributed by atoms with E-state index in [1.54, 1.807) is 0 Å². The quantitative estimate of drug-likeness (QED) is 0.722. The molecule has 1 aliphatic heterocycles. The highest BCUT2D eigenvalue weighted by atomic mass is 16.2. The lowest BCUT2D eigenvalue weighted by molar-refractivity contribution is -0.138.